The molecular weight excluding hydrogens is 340 g/mol. The van der Waals surface area contributed by atoms with E-state index in [0.29, 0.717) is 17.4 Å². The monoisotopic (exact) mass is 370 g/mol. The van der Waals surface area contributed by atoms with Crippen molar-refractivity contribution in [2.24, 2.45) is 5.92 Å². The lowest BCUT2D eigenvalue weighted by Gasteiger charge is -2.26. The van der Waals surface area contributed by atoms with Crippen molar-refractivity contribution < 1.29 is 9.90 Å². The first-order valence-corrected chi connectivity index (χ1v) is 10.00. The fourth-order valence-corrected chi connectivity index (χ4v) is 3.77. The summed E-state index contributed by atoms with van der Waals surface area (Å²) in [5.74, 6) is 0.995. The molecule has 0 spiro atoms. The van der Waals surface area contributed by atoms with Gasteiger partial charge in [0.2, 0.25) is 5.95 Å². The predicted molar refractivity (Wildman–Crippen MR) is 108 cm³/mol. The molecule has 27 heavy (non-hydrogen) atoms. The summed E-state index contributed by atoms with van der Waals surface area (Å²) >= 11 is 0. The van der Waals surface area contributed by atoms with Crippen LogP contribution in [0.5, 0.6) is 0 Å². The van der Waals surface area contributed by atoms with Crippen LogP contribution < -0.4 is 10.6 Å². The highest BCUT2D eigenvalue weighted by atomic mass is 16.3. The number of fused-ring (bicyclic) bond motifs is 1. The number of carbonyl (C=O) groups is 1. The number of aliphatic hydroxyl groups is 1. The van der Waals surface area contributed by atoms with Crippen molar-refractivity contribution >= 4 is 22.8 Å². The largest absolute Gasteiger partial charge is 0.394 e. The summed E-state index contributed by atoms with van der Waals surface area (Å²) in [7, 11) is 0. The molecule has 1 fully saturated rings. The van der Waals surface area contributed by atoms with Crippen LogP contribution in [0, 0.1) is 5.92 Å². The molecule has 3 rings (SSSR count). The first kappa shape index (κ1) is 19.5. The molecule has 0 unspecified atom stereocenters. The number of hydrogen-bond acceptors (Lipinski definition) is 5. The molecule has 1 aromatic carbocycles. The Morgan fingerprint density at radius 2 is 2.04 bits per heavy atom. The molecule has 0 radical (unpaired) electrons. The molecule has 1 heterocycles. The van der Waals surface area contributed by atoms with Crippen LogP contribution in [0.2, 0.25) is 0 Å². The summed E-state index contributed by atoms with van der Waals surface area (Å²) in [6.07, 6.45) is 8.82. The quantitative estimate of drug-likeness (QED) is 0.694. The molecule has 1 aliphatic rings. The molecule has 0 aliphatic heterocycles. The van der Waals surface area contributed by atoms with Crippen molar-refractivity contribution in [1.82, 2.24) is 15.3 Å². The number of nitrogens with zero attached hydrogens (tertiary/aromatic N) is 2. The molecule has 2 aromatic rings. The second-order valence-electron chi connectivity index (χ2n) is 7.86. The maximum absolute atomic E-state index is 12.7. The summed E-state index contributed by atoms with van der Waals surface area (Å²) < 4.78 is 0. The smallest absolute Gasteiger partial charge is 0.251 e. The van der Waals surface area contributed by atoms with E-state index in [-0.39, 0.29) is 24.6 Å². The molecule has 0 saturated heterocycles. The SMILES string of the molecule is CC(C)Nc1ncc2ccc(C(=O)N[C@H](CO)CC3CCCCC3)cc2n1. The fraction of sp³-hybridized carbons (Fsp3) is 0.571. The van der Waals surface area contributed by atoms with Crippen LogP contribution in [-0.2, 0) is 0 Å². The van der Waals surface area contributed by atoms with E-state index < -0.39 is 0 Å². The lowest BCUT2D eigenvalue weighted by Crippen LogP contribution is -2.39. The summed E-state index contributed by atoms with van der Waals surface area (Å²) in [6, 6.07) is 5.47. The van der Waals surface area contributed by atoms with E-state index in [0.717, 1.165) is 17.3 Å². The number of carbonyl (C=O) groups excluding carboxylic acids is 1. The van der Waals surface area contributed by atoms with E-state index in [9.17, 15) is 9.90 Å². The van der Waals surface area contributed by atoms with Gasteiger partial charge in [0.15, 0.2) is 0 Å². The molecule has 146 valence electrons. The van der Waals surface area contributed by atoms with E-state index >= 15 is 0 Å². The van der Waals surface area contributed by atoms with E-state index in [1.165, 1.54) is 32.1 Å². The van der Waals surface area contributed by atoms with Crippen LogP contribution in [0.1, 0.15) is 62.7 Å². The Kier molecular flexibility index (Phi) is 6.61. The summed E-state index contributed by atoms with van der Waals surface area (Å²) in [5, 5.41) is 16.8. The minimum absolute atomic E-state index is 0.0273. The molecular formula is C21H30N4O2. The summed E-state index contributed by atoms with van der Waals surface area (Å²) in [6.45, 7) is 4.03. The van der Waals surface area contributed by atoms with Crippen LogP contribution in [-0.4, -0.2) is 39.7 Å². The Morgan fingerprint density at radius 3 is 2.74 bits per heavy atom. The van der Waals surface area contributed by atoms with E-state index in [1.54, 1.807) is 18.3 Å². The number of anilines is 1. The number of benzene rings is 1. The highest BCUT2D eigenvalue weighted by molar-refractivity contribution is 5.97. The van der Waals surface area contributed by atoms with Crippen LogP contribution in [0.3, 0.4) is 0 Å². The Hall–Kier alpha value is -2.21. The molecule has 1 amide bonds. The molecule has 1 aromatic heterocycles. The van der Waals surface area contributed by atoms with Crippen LogP contribution >= 0.6 is 0 Å². The normalized spacial score (nSPS) is 16.4. The Bertz CT molecular complexity index is 772. The number of aliphatic hydroxyl groups excluding tert-OH is 1. The Morgan fingerprint density at radius 1 is 1.26 bits per heavy atom. The van der Waals surface area contributed by atoms with Crippen LogP contribution in [0.25, 0.3) is 10.9 Å². The number of aromatic nitrogens is 2. The van der Waals surface area contributed by atoms with Gasteiger partial charge in [0, 0.05) is 23.2 Å². The zero-order valence-electron chi connectivity index (χ0n) is 16.2. The Balaban J connectivity index is 1.69. The second kappa shape index (κ2) is 9.13. The van der Waals surface area contributed by atoms with Gasteiger partial charge in [-0.25, -0.2) is 9.97 Å². The first-order chi connectivity index (χ1) is 13.0. The van der Waals surface area contributed by atoms with Gasteiger partial charge in [0.1, 0.15) is 0 Å². The van der Waals surface area contributed by atoms with Gasteiger partial charge in [-0.1, -0.05) is 38.2 Å². The second-order valence-corrected chi connectivity index (χ2v) is 7.86. The first-order valence-electron chi connectivity index (χ1n) is 10.00. The molecule has 3 N–H and O–H groups in total. The molecule has 1 saturated carbocycles. The van der Waals surface area contributed by atoms with Gasteiger partial charge in [0.25, 0.3) is 5.91 Å². The third-order valence-electron chi connectivity index (χ3n) is 5.16. The molecule has 1 atom stereocenters. The van der Waals surface area contributed by atoms with Crippen LogP contribution in [0.4, 0.5) is 5.95 Å². The van der Waals surface area contributed by atoms with Gasteiger partial charge in [-0.05, 0) is 38.3 Å². The van der Waals surface area contributed by atoms with Crippen molar-refractivity contribution in [2.45, 2.75) is 64.5 Å². The third-order valence-corrected chi connectivity index (χ3v) is 5.16. The number of hydrogen-bond donors (Lipinski definition) is 3. The highest BCUT2D eigenvalue weighted by Crippen LogP contribution is 2.27. The standard InChI is InChI=1S/C21H30N4O2/c1-14(2)23-21-22-12-17-9-8-16(11-19(17)25-21)20(27)24-18(13-26)10-15-6-4-3-5-7-15/h8-9,11-12,14-15,18,26H,3-7,10,13H2,1-2H3,(H,24,27)(H,22,23,25)/t18-/m0/s1. The molecule has 1 aliphatic carbocycles. The van der Waals surface area contributed by atoms with E-state index in [2.05, 4.69) is 20.6 Å². The average molecular weight is 370 g/mol. The lowest BCUT2D eigenvalue weighted by molar-refractivity contribution is 0.0902. The average Bonchev–Trinajstić information content (AvgIpc) is 2.67. The predicted octanol–water partition coefficient (Wildman–Crippen LogP) is 3.51. The molecule has 6 nitrogen and oxygen atoms in total. The van der Waals surface area contributed by atoms with Gasteiger partial charge >= 0.3 is 0 Å². The van der Waals surface area contributed by atoms with Crippen molar-refractivity contribution in [3.8, 4) is 0 Å². The van der Waals surface area contributed by atoms with Crippen molar-refractivity contribution in [1.29, 1.82) is 0 Å². The van der Waals surface area contributed by atoms with Crippen molar-refractivity contribution in [2.75, 3.05) is 11.9 Å². The van der Waals surface area contributed by atoms with Gasteiger partial charge in [0.05, 0.1) is 18.2 Å². The Labute approximate surface area is 160 Å². The van der Waals surface area contributed by atoms with Crippen molar-refractivity contribution in [3.05, 3.63) is 30.0 Å². The van der Waals surface area contributed by atoms with Gasteiger partial charge < -0.3 is 15.7 Å². The number of rotatable bonds is 7. The minimum atomic E-state index is -0.195. The molecule has 6 heteroatoms. The maximum atomic E-state index is 12.7. The summed E-state index contributed by atoms with van der Waals surface area (Å²) in [5.41, 5.74) is 1.28. The van der Waals surface area contributed by atoms with Crippen molar-refractivity contribution in [3.63, 3.8) is 0 Å². The zero-order chi connectivity index (χ0) is 19.2. The van der Waals surface area contributed by atoms with Gasteiger partial charge in [-0.15, -0.1) is 0 Å². The lowest BCUT2D eigenvalue weighted by atomic mass is 9.85. The van der Waals surface area contributed by atoms with Crippen LogP contribution in [0.15, 0.2) is 24.4 Å². The summed E-state index contributed by atoms with van der Waals surface area (Å²) in [4.78, 5) is 21.5. The van der Waals surface area contributed by atoms with E-state index in [1.807, 2.05) is 19.9 Å². The topological polar surface area (TPSA) is 87.1 Å². The van der Waals surface area contributed by atoms with Gasteiger partial charge in [-0.3, -0.25) is 4.79 Å². The number of amides is 1. The van der Waals surface area contributed by atoms with Gasteiger partial charge in [-0.2, -0.15) is 0 Å². The minimum Gasteiger partial charge on any atom is -0.394 e. The zero-order valence-corrected chi connectivity index (χ0v) is 16.2. The fourth-order valence-electron chi connectivity index (χ4n) is 3.77. The number of nitrogens with one attached hydrogen (secondary N) is 2. The third kappa shape index (κ3) is 5.39. The molecule has 0 bridgehead atoms. The highest BCUT2D eigenvalue weighted by Gasteiger charge is 2.20. The maximum Gasteiger partial charge on any atom is 0.251 e. The van der Waals surface area contributed by atoms with E-state index in [4.69, 9.17) is 0 Å².